The summed E-state index contributed by atoms with van der Waals surface area (Å²) in [6, 6.07) is 0.507. The molecule has 2 aliphatic heterocycles. The standard InChI is InChI=1S/C16H30N2O3S/c1-3-22(19,20)18-8-6-16(7-9-18)10-15(17(2)13-16)12-21-11-14-4-5-14/h14-15H,3-13H2,1-2H3/t15-/m1/s1. The molecule has 2 heterocycles. The van der Waals surface area contributed by atoms with Gasteiger partial charge in [-0.05, 0) is 57.4 Å². The zero-order valence-electron chi connectivity index (χ0n) is 14.0. The highest BCUT2D eigenvalue weighted by Gasteiger charge is 2.45. The van der Waals surface area contributed by atoms with Crippen LogP contribution in [0.4, 0.5) is 0 Å². The third kappa shape index (κ3) is 3.66. The van der Waals surface area contributed by atoms with Crippen LogP contribution in [-0.4, -0.2) is 69.3 Å². The number of hydrogen-bond acceptors (Lipinski definition) is 4. The highest BCUT2D eigenvalue weighted by Crippen LogP contribution is 2.43. The van der Waals surface area contributed by atoms with Gasteiger partial charge in [0.25, 0.3) is 0 Å². The van der Waals surface area contributed by atoms with Gasteiger partial charge in [0.15, 0.2) is 0 Å². The van der Waals surface area contributed by atoms with E-state index in [1.54, 1.807) is 11.2 Å². The lowest BCUT2D eigenvalue weighted by atomic mass is 9.77. The van der Waals surface area contributed by atoms with Crippen molar-refractivity contribution in [3.05, 3.63) is 0 Å². The predicted octanol–water partition coefficient (Wildman–Crippen LogP) is 1.55. The van der Waals surface area contributed by atoms with Gasteiger partial charge in [-0.3, -0.25) is 0 Å². The Bertz CT molecular complexity index is 482. The van der Waals surface area contributed by atoms with E-state index < -0.39 is 10.0 Å². The number of likely N-dealkylation sites (tertiary alicyclic amines) is 1. The van der Waals surface area contributed by atoms with Gasteiger partial charge in [-0.2, -0.15) is 0 Å². The van der Waals surface area contributed by atoms with Crippen molar-refractivity contribution in [2.45, 2.75) is 45.1 Å². The molecule has 2 saturated heterocycles. The highest BCUT2D eigenvalue weighted by molar-refractivity contribution is 7.89. The Hall–Kier alpha value is -0.170. The fraction of sp³-hybridized carbons (Fsp3) is 1.00. The van der Waals surface area contributed by atoms with Gasteiger partial charge in [0, 0.05) is 32.3 Å². The van der Waals surface area contributed by atoms with Crippen LogP contribution in [0, 0.1) is 11.3 Å². The second-order valence-electron chi connectivity index (χ2n) is 7.55. The molecule has 0 aromatic rings. The van der Waals surface area contributed by atoms with Crippen molar-refractivity contribution in [2.75, 3.05) is 45.6 Å². The summed E-state index contributed by atoms with van der Waals surface area (Å²) in [5, 5.41) is 0. The lowest BCUT2D eigenvalue weighted by Crippen LogP contribution is -2.44. The van der Waals surface area contributed by atoms with Gasteiger partial charge in [0.2, 0.25) is 10.0 Å². The quantitative estimate of drug-likeness (QED) is 0.741. The van der Waals surface area contributed by atoms with Crippen LogP contribution in [0.1, 0.15) is 39.0 Å². The van der Waals surface area contributed by atoms with E-state index in [2.05, 4.69) is 11.9 Å². The molecule has 0 aromatic carbocycles. The van der Waals surface area contributed by atoms with E-state index in [9.17, 15) is 8.42 Å². The first-order chi connectivity index (χ1) is 10.4. The molecule has 1 spiro atoms. The van der Waals surface area contributed by atoms with Crippen LogP contribution in [0.25, 0.3) is 0 Å². The highest BCUT2D eigenvalue weighted by atomic mass is 32.2. The van der Waals surface area contributed by atoms with Crippen LogP contribution in [0.3, 0.4) is 0 Å². The van der Waals surface area contributed by atoms with E-state index in [1.165, 1.54) is 12.8 Å². The molecule has 0 amide bonds. The van der Waals surface area contributed by atoms with Crippen LogP contribution in [0.2, 0.25) is 0 Å². The van der Waals surface area contributed by atoms with E-state index in [1.807, 2.05) is 0 Å². The lowest BCUT2D eigenvalue weighted by Gasteiger charge is -2.38. The maximum atomic E-state index is 12.0. The molecule has 1 atom stereocenters. The summed E-state index contributed by atoms with van der Waals surface area (Å²) < 4.78 is 31.6. The van der Waals surface area contributed by atoms with E-state index in [-0.39, 0.29) is 5.75 Å². The van der Waals surface area contributed by atoms with E-state index in [4.69, 9.17) is 4.74 Å². The molecule has 3 rings (SSSR count). The molecule has 128 valence electrons. The zero-order valence-corrected chi connectivity index (χ0v) is 14.8. The van der Waals surface area contributed by atoms with Crippen molar-refractivity contribution in [1.29, 1.82) is 0 Å². The monoisotopic (exact) mass is 330 g/mol. The van der Waals surface area contributed by atoms with Crippen LogP contribution in [0.15, 0.2) is 0 Å². The average Bonchev–Trinajstić information content (AvgIpc) is 3.26. The normalized spacial score (nSPS) is 30.2. The van der Waals surface area contributed by atoms with Gasteiger partial charge in [-0.15, -0.1) is 0 Å². The summed E-state index contributed by atoms with van der Waals surface area (Å²) in [6.07, 6.45) is 5.83. The number of rotatable bonds is 6. The van der Waals surface area contributed by atoms with Gasteiger partial charge in [-0.25, -0.2) is 12.7 Å². The molecule has 0 unspecified atom stereocenters. The average molecular weight is 330 g/mol. The van der Waals surface area contributed by atoms with Crippen molar-refractivity contribution >= 4 is 10.0 Å². The predicted molar refractivity (Wildman–Crippen MR) is 87.3 cm³/mol. The summed E-state index contributed by atoms with van der Waals surface area (Å²) >= 11 is 0. The van der Waals surface area contributed by atoms with Crippen LogP contribution in [0.5, 0.6) is 0 Å². The Morgan fingerprint density at radius 2 is 1.86 bits per heavy atom. The molecule has 0 radical (unpaired) electrons. The first-order valence-corrected chi connectivity index (χ1v) is 10.3. The summed E-state index contributed by atoms with van der Waals surface area (Å²) in [7, 11) is -0.827. The van der Waals surface area contributed by atoms with E-state index in [0.29, 0.717) is 24.5 Å². The number of sulfonamides is 1. The van der Waals surface area contributed by atoms with E-state index in [0.717, 1.165) is 44.9 Å². The largest absolute Gasteiger partial charge is 0.380 e. The van der Waals surface area contributed by atoms with Crippen molar-refractivity contribution in [3.8, 4) is 0 Å². The smallest absolute Gasteiger partial charge is 0.213 e. The summed E-state index contributed by atoms with van der Waals surface area (Å²) in [5.41, 5.74) is 0.308. The molecule has 3 aliphatic rings. The molecule has 22 heavy (non-hydrogen) atoms. The first kappa shape index (κ1) is 16.7. The first-order valence-electron chi connectivity index (χ1n) is 8.70. The maximum Gasteiger partial charge on any atom is 0.213 e. The molecular formula is C16H30N2O3S. The second kappa shape index (κ2) is 6.38. The zero-order chi connectivity index (χ0) is 15.8. The Kier molecular flexibility index (Phi) is 4.84. The number of nitrogens with zero attached hydrogens (tertiary/aromatic N) is 2. The molecule has 5 nitrogen and oxygen atoms in total. The van der Waals surface area contributed by atoms with Crippen molar-refractivity contribution in [2.24, 2.45) is 11.3 Å². The third-order valence-electron chi connectivity index (χ3n) is 5.78. The summed E-state index contributed by atoms with van der Waals surface area (Å²) in [5.74, 6) is 1.04. The molecule has 0 N–H and O–H groups in total. The van der Waals surface area contributed by atoms with E-state index >= 15 is 0 Å². The Morgan fingerprint density at radius 3 is 2.45 bits per heavy atom. The van der Waals surface area contributed by atoms with Gasteiger partial charge in [0.05, 0.1) is 12.4 Å². The molecule has 1 aliphatic carbocycles. The van der Waals surface area contributed by atoms with Gasteiger partial charge >= 0.3 is 0 Å². The Balaban J connectivity index is 1.50. The van der Waals surface area contributed by atoms with Crippen molar-refractivity contribution in [1.82, 2.24) is 9.21 Å². The maximum absolute atomic E-state index is 12.0. The Labute approximate surface area is 135 Å². The number of piperidine rings is 1. The number of ether oxygens (including phenoxy) is 1. The van der Waals surface area contributed by atoms with Crippen molar-refractivity contribution in [3.63, 3.8) is 0 Å². The molecule has 0 aromatic heterocycles. The molecule has 3 fully saturated rings. The van der Waals surface area contributed by atoms with Crippen LogP contribution in [-0.2, 0) is 14.8 Å². The number of hydrogen-bond donors (Lipinski definition) is 0. The molecule has 1 saturated carbocycles. The summed E-state index contributed by atoms with van der Waals surface area (Å²) in [4.78, 5) is 2.43. The Morgan fingerprint density at radius 1 is 1.18 bits per heavy atom. The molecule has 0 bridgehead atoms. The van der Waals surface area contributed by atoms with Gasteiger partial charge in [-0.1, -0.05) is 0 Å². The fourth-order valence-electron chi connectivity index (χ4n) is 4.00. The topological polar surface area (TPSA) is 49.9 Å². The third-order valence-corrected chi connectivity index (χ3v) is 7.66. The van der Waals surface area contributed by atoms with Gasteiger partial charge < -0.3 is 9.64 Å². The fourth-order valence-corrected chi connectivity index (χ4v) is 5.11. The SMILES string of the molecule is CCS(=O)(=O)N1CCC2(CC1)C[C@H](COCC1CC1)N(C)C2. The minimum Gasteiger partial charge on any atom is -0.380 e. The van der Waals surface area contributed by atoms with Crippen LogP contribution < -0.4 is 0 Å². The number of likely N-dealkylation sites (N-methyl/N-ethyl adjacent to an activating group) is 1. The molecule has 6 heteroatoms. The van der Waals surface area contributed by atoms with Crippen LogP contribution >= 0.6 is 0 Å². The second-order valence-corrected chi connectivity index (χ2v) is 9.81. The van der Waals surface area contributed by atoms with Gasteiger partial charge in [0.1, 0.15) is 0 Å². The minimum absolute atomic E-state index is 0.220. The minimum atomic E-state index is -3.02. The summed E-state index contributed by atoms with van der Waals surface area (Å²) in [6.45, 7) is 5.98. The molecular weight excluding hydrogens is 300 g/mol. The lowest BCUT2D eigenvalue weighted by molar-refractivity contribution is 0.0784. The van der Waals surface area contributed by atoms with Crippen molar-refractivity contribution < 1.29 is 13.2 Å².